The summed E-state index contributed by atoms with van der Waals surface area (Å²) in [5.74, 6) is 0. The van der Waals surface area contributed by atoms with Crippen LogP contribution in [0.4, 0.5) is 0 Å². The molecule has 0 aromatic heterocycles. The van der Waals surface area contributed by atoms with Crippen molar-refractivity contribution in [2.45, 2.75) is 39.0 Å². The highest BCUT2D eigenvalue weighted by molar-refractivity contribution is 7.89. The van der Waals surface area contributed by atoms with Gasteiger partial charge in [-0.2, -0.15) is 0 Å². The number of nitrogens with one attached hydrogen (secondary N) is 1. The fraction of sp³-hybridized carbons (Fsp3) is 0.538. The zero-order valence-electron chi connectivity index (χ0n) is 10.9. The van der Waals surface area contributed by atoms with Crippen molar-refractivity contribution in [1.82, 2.24) is 4.72 Å². The normalized spacial score (nSPS) is 12.7. The number of hydrogen-bond acceptors (Lipinski definition) is 2. The number of benzene rings is 1. The lowest BCUT2D eigenvalue weighted by molar-refractivity contribution is 0.411. The lowest BCUT2D eigenvalue weighted by Gasteiger charge is -2.18. The topological polar surface area (TPSA) is 46.2 Å². The van der Waals surface area contributed by atoms with Crippen LogP contribution in [0, 0.1) is 5.41 Å². The molecule has 1 aromatic rings. The minimum atomic E-state index is -3.32. The molecule has 0 aliphatic heterocycles. The Labute approximate surface area is 104 Å². The van der Waals surface area contributed by atoms with Gasteiger partial charge in [-0.05, 0) is 29.5 Å². The Morgan fingerprint density at radius 3 is 2.06 bits per heavy atom. The first-order chi connectivity index (χ1) is 7.74. The van der Waals surface area contributed by atoms with Crippen LogP contribution in [0.5, 0.6) is 0 Å². The summed E-state index contributed by atoms with van der Waals surface area (Å²) in [6.07, 6.45) is 0.939. The van der Waals surface area contributed by atoms with Crippen LogP contribution in [0.2, 0.25) is 0 Å². The fourth-order valence-corrected chi connectivity index (χ4v) is 2.71. The van der Waals surface area contributed by atoms with Gasteiger partial charge in [-0.15, -0.1) is 0 Å². The van der Waals surface area contributed by atoms with Gasteiger partial charge < -0.3 is 0 Å². The van der Waals surface area contributed by atoms with E-state index in [1.54, 1.807) is 19.1 Å². The van der Waals surface area contributed by atoms with Gasteiger partial charge in [0, 0.05) is 6.54 Å². The van der Waals surface area contributed by atoms with Crippen LogP contribution in [0.1, 0.15) is 33.3 Å². The summed E-state index contributed by atoms with van der Waals surface area (Å²) in [5, 5.41) is 0. The average Bonchev–Trinajstić information content (AvgIpc) is 2.15. The number of hydrogen-bond donors (Lipinski definition) is 1. The molecule has 1 N–H and O–H groups in total. The summed E-state index contributed by atoms with van der Waals surface area (Å²) >= 11 is 0. The van der Waals surface area contributed by atoms with Crippen LogP contribution in [0.15, 0.2) is 29.2 Å². The second kappa shape index (κ2) is 5.19. The van der Waals surface area contributed by atoms with Gasteiger partial charge in [0.05, 0.1) is 4.90 Å². The second-order valence-electron chi connectivity index (χ2n) is 5.38. The maximum atomic E-state index is 11.7. The molecule has 3 nitrogen and oxygen atoms in total. The van der Waals surface area contributed by atoms with Crippen molar-refractivity contribution in [3.05, 3.63) is 29.8 Å². The van der Waals surface area contributed by atoms with E-state index in [0.29, 0.717) is 11.4 Å². The van der Waals surface area contributed by atoms with Crippen LogP contribution in [0.25, 0.3) is 0 Å². The van der Waals surface area contributed by atoms with Gasteiger partial charge in [0.1, 0.15) is 0 Å². The van der Waals surface area contributed by atoms with E-state index in [1.807, 2.05) is 12.1 Å². The van der Waals surface area contributed by atoms with E-state index >= 15 is 0 Å². The molecule has 0 aliphatic carbocycles. The van der Waals surface area contributed by atoms with Crippen LogP contribution in [-0.4, -0.2) is 15.0 Å². The lowest BCUT2D eigenvalue weighted by atomic mass is 9.88. The third-order valence-electron chi connectivity index (χ3n) is 2.30. The van der Waals surface area contributed by atoms with E-state index in [0.717, 1.165) is 12.0 Å². The molecular weight excluding hydrogens is 234 g/mol. The Balaban J connectivity index is 2.89. The molecule has 0 fully saturated rings. The van der Waals surface area contributed by atoms with Crippen molar-refractivity contribution in [2.24, 2.45) is 5.41 Å². The van der Waals surface area contributed by atoms with E-state index in [4.69, 9.17) is 0 Å². The van der Waals surface area contributed by atoms with Gasteiger partial charge >= 0.3 is 0 Å². The van der Waals surface area contributed by atoms with E-state index < -0.39 is 10.0 Å². The second-order valence-corrected chi connectivity index (χ2v) is 7.15. The molecular formula is C13H21NO2S. The Hall–Kier alpha value is -0.870. The summed E-state index contributed by atoms with van der Waals surface area (Å²) < 4.78 is 25.9. The molecule has 17 heavy (non-hydrogen) atoms. The summed E-state index contributed by atoms with van der Waals surface area (Å²) in [6.45, 7) is 8.67. The summed E-state index contributed by atoms with van der Waals surface area (Å²) in [4.78, 5) is 0.331. The summed E-state index contributed by atoms with van der Waals surface area (Å²) in [5.41, 5.74) is 1.37. The molecule has 0 aliphatic rings. The maximum absolute atomic E-state index is 11.7. The standard InChI is InChI=1S/C13H21NO2S/c1-5-14-17(15,16)12-8-6-11(7-9-12)10-13(2,3)4/h6-9,14H,5,10H2,1-4H3. The zero-order valence-corrected chi connectivity index (χ0v) is 11.8. The molecule has 0 bridgehead atoms. The zero-order chi connectivity index (χ0) is 13.1. The number of rotatable bonds is 4. The van der Waals surface area contributed by atoms with Gasteiger partial charge in [0.15, 0.2) is 0 Å². The molecule has 1 aromatic carbocycles. The molecule has 0 saturated carbocycles. The van der Waals surface area contributed by atoms with Gasteiger partial charge in [-0.1, -0.05) is 39.8 Å². The van der Waals surface area contributed by atoms with Crippen LogP contribution >= 0.6 is 0 Å². The highest BCUT2D eigenvalue weighted by Gasteiger charge is 2.14. The minimum Gasteiger partial charge on any atom is -0.211 e. The highest BCUT2D eigenvalue weighted by atomic mass is 32.2. The monoisotopic (exact) mass is 255 g/mol. The SMILES string of the molecule is CCNS(=O)(=O)c1ccc(CC(C)(C)C)cc1. The Bertz CT molecular complexity index is 455. The predicted molar refractivity (Wildman–Crippen MR) is 70.5 cm³/mol. The Morgan fingerprint density at radius 2 is 1.65 bits per heavy atom. The molecule has 96 valence electrons. The Kier molecular flexibility index (Phi) is 4.33. The van der Waals surface area contributed by atoms with E-state index in [-0.39, 0.29) is 5.41 Å². The van der Waals surface area contributed by atoms with Gasteiger partial charge in [0.25, 0.3) is 0 Å². The van der Waals surface area contributed by atoms with Crippen molar-refractivity contribution in [2.75, 3.05) is 6.54 Å². The lowest BCUT2D eigenvalue weighted by Crippen LogP contribution is -2.23. The molecule has 0 heterocycles. The molecule has 0 saturated heterocycles. The predicted octanol–water partition coefficient (Wildman–Crippen LogP) is 2.57. The van der Waals surface area contributed by atoms with Crippen LogP contribution < -0.4 is 4.72 Å². The molecule has 1 rings (SSSR count). The molecule has 4 heteroatoms. The summed E-state index contributed by atoms with van der Waals surface area (Å²) in [6, 6.07) is 7.10. The largest absolute Gasteiger partial charge is 0.240 e. The van der Waals surface area contributed by atoms with Gasteiger partial charge in [-0.3, -0.25) is 0 Å². The third kappa shape index (κ3) is 4.48. The average molecular weight is 255 g/mol. The minimum absolute atomic E-state index is 0.210. The smallest absolute Gasteiger partial charge is 0.211 e. The first kappa shape index (κ1) is 14.2. The van der Waals surface area contributed by atoms with Crippen molar-refractivity contribution >= 4 is 10.0 Å². The molecule has 0 spiro atoms. The molecule has 0 amide bonds. The fourth-order valence-electron chi connectivity index (χ4n) is 1.67. The van der Waals surface area contributed by atoms with Gasteiger partial charge in [0.2, 0.25) is 10.0 Å². The van der Waals surface area contributed by atoms with Crippen LogP contribution in [0.3, 0.4) is 0 Å². The van der Waals surface area contributed by atoms with E-state index in [9.17, 15) is 8.42 Å². The number of sulfonamides is 1. The van der Waals surface area contributed by atoms with Crippen LogP contribution in [-0.2, 0) is 16.4 Å². The highest BCUT2D eigenvalue weighted by Crippen LogP contribution is 2.21. The molecule has 0 radical (unpaired) electrons. The van der Waals surface area contributed by atoms with E-state index in [2.05, 4.69) is 25.5 Å². The third-order valence-corrected chi connectivity index (χ3v) is 3.86. The van der Waals surface area contributed by atoms with E-state index in [1.165, 1.54) is 0 Å². The van der Waals surface area contributed by atoms with Crippen molar-refractivity contribution in [1.29, 1.82) is 0 Å². The molecule has 0 atom stereocenters. The van der Waals surface area contributed by atoms with Crippen molar-refractivity contribution in [3.8, 4) is 0 Å². The van der Waals surface area contributed by atoms with Gasteiger partial charge in [-0.25, -0.2) is 13.1 Å². The van der Waals surface area contributed by atoms with Crippen molar-refractivity contribution in [3.63, 3.8) is 0 Å². The Morgan fingerprint density at radius 1 is 1.12 bits per heavy atom. The molecule has 0 unspecified atom stereocenters. The van der Waals surface area contributed by atoms with Crippen molar-refractivity contribution < 1.29 is 8.42 Å². The summed E-state index contributed by atoms with van der Waals surface area (Å²) in [7, 11) is -3.32. The maximum Gasteiger partial charge on any atom is 0.240 e. The first-order valence-electron chi connectivity index (χ1n) is 5.83. The quantitative estimate of drug-likeness (QED) is 0.899. The first-order valence-corrected chi connectivity index (χ1v) is 7.31.